The highest BCUT2D eigenvalue weighted by Gasteiger charge is 2.51. The lowest BCUT2D eigenvalue weighted by Gasteiger charge is -2.32. The van der Waals surface area contributed by atoms with E-state index in [1.54, 1.807) is 0 Å². The monoisotopic (exact) mass is 310 g/mol. The fourth-order valence-electron chi connectivity index (χ4n) is 3.11. The highest BCUT2D eigenvalue weighted by Crippen LogP contribution is 2.36. The molecule has 2 aliphatic heterocycles. The molecule has 6 heteroatoms. The van der Waals surface area contributed by atoms with E-state index in [1.165, 1.54) is 5.69 Å². The Kier molecular flexibility index (Phi) is 4.20. The molecule has 0 radical (unpaired) electrons. The van der Waals surface area contributed by atoms with Crippen molar-refractivity contribution >= 4 is 25.0 Å². The number of hydrogen-bond donors (Lipinski definition) is 0. The summed E-state index contributed by atoms with van der Waals surface area (Å²) in [4.78, 5) is 2.35. The van der Waals surface area contributed by atoms with E-state index in [0.717, 1.165) is 31.2 Å². The maximum Gasteiger partial charge on any atom is 0.494 e. The fraction of sp³-hybridized carbons (Fsp3) is 0.588. The zero-order valence-electron chi connectivity index (χ0n) is 14.5. The molecule has 0 aromatic heterocycles. The van der Waals surface area contributed by atoms with Gasteiger partial charge in [0.25, 0.3) is 6.71 Å². The number of nitrogens with zero attached hydrogens (tertiary/aromatic N) is 2. The molecule has 0 saturated carbocycles. The van der Waals surface area contributed by atoms with Crippen molar-refractivity contribution in [3.63, 3.8) is 0 Å². The summed E-state index contributed by atoms with van der Waals surface area (Å²) in [5.74, 6) is 2.38. The molecule has 0 unspecified atom stereocenters. The van der Waals surface area contributed by atoms with Gasteiger partial charge in [0.2, 0.25) is 0 Å². The van der Waals surface area contributed by atoms with Crippen LogP contribution in [0, 0.1) is 11.2 Å². The summed E-state index contributed by atoms with van der Waals surface area (Å²) in [6, 6.07) is 8.41. The van der Waals surface area contributed by atoms with Gasteiger partial charge in [-0.15, -0.1) is 0 Å². The molecule has 4 nitrogen and oxygen atoms in total. The molecular formula is C17H24B2N2O2. The van der Waals surface area contributed by atoms with Crippen LogP contribution in [0.5, 0.6) is 0 Å². The molecule has 0 bridgehead atoms. The van der Waals surface area contributed by atoms with Crippen molar-refractivity contribution in [1.82, 2.24) is 0 Å². The van der Waals surface area contributed by atoms with Gasteiger partial charge in [0, 0.05) is 24.7 Å². The second kappa shape index (κ2) is 5.88. The van der Waals surface area contributed by atoms with Gasteiger partial charge >= 0.3 is 7.12 Å². The summed E-state index contributed by atoms with van der Waals surface area (Å²) in [5, 5.41) is 9.03. The molecule has 0 atom stereocenters. The summed E-state index contributed by atoms with van der Waals surface area (Å²) in [5.41, 5.74) is 1.61. The SMILES string of the molecule is CC1(C)OB(c2cccc(N3CCB(C#N)CC3)c2)OC1(C)C. The van der Waals surface area contributed by atoms with E-state index in [-0.39, 0.29) is 25.0 Å². The van der Waals surface area contributed by atoms with Crippen molar-refractivity contribution in [2.45, 2.75) is 51.5 Å². The first-order chi connectivity index (χ1) is 10.8. The summed E-state index contributed by atoms with van der Waals surface area (Å²) in [6.07, 6.45) is 1.88. The highest BCUT2D eigenvalue weighted by atomic mass is 16.7. The Morgan fingerprint density at radius 1 is 1.09 bits per heavy atom. The summed E-state index contributed by atoms with van der Waals surface area (Å²) in [6.45, 7) is 10.4. The molecule has 3 rings (SSSR count). The third kappa shape index (κ3) is 3.13. The third-order valence-corrected chi connectivity index (χ3v) is 5.44. The molecular weight excluding hydrogens is 286 g/mol. The maximum absolute atomic E-state index is 9.03. The zero-order chi connectivity index (χ0) is 16.7. The first kappa shape index (κ1) is 16.4. The minimum Gasteiger partial charge on any atom is -0.399 e. The number of benzene rings is 1. The number of anilines is 1. The van der Waals surface area contributed by atoms with Crippen LogP contribution in [-0.2, 0) is 9.31 Å². The minimum atomic E-state index is -0.323. The molecule has 1 aromatic carbocycles. The smallest absolute Gasteiger partial charge is 0.399 e. The molecule has 2 fully saturated rings. The topological polar surface area (TPSA) is 45.5 Å². The van der Waals surface area contributed by atoms with Crippen molar-refractivity contribution < 1.29 is 9.31 Å². The van der Waals surface area contributed by atoms with Gasteiger partial charge in [-0.25, -0.2) is 5.26 Å². The van der Waals surface area contributed by atoms with Crippen LogP contribution in [0.25, 0.3) is 0 Å². The predicted octanol–water partition coefficient (Wildman–Crippen LogP) is 2.36. The first-order valence-electron chi connectivity index (χ1n) is 8.42. The average molecular weight is 310 g/mol. The molecule has 2 heterocycles. The van der Waals surface area contributed by atoms with Crippen LogP contribution in [0.1, 0.15) is 27.7 Å². The molecule has 0 amide bonds. The second-order valence-electron chi connectivity index (χ2n) is 7.57. The lowest BCUT2D eigenvalue weighted by molar-refractivity contribution is 0.00578. The first-order valence-corrected chi connectivity index (χ1v) is 8.42. The normalized spacial score (nSPS) is 23.0. The molecule has 2 saturated heterocycles. The van der Waals surface area contributed by atoms with Gasteiger partial charge in [-0.1, -0.05) is 12.1 Å². The van der Waals surface area contributed by atoms with Gasteiger partial charge in [-0.2, -0.15) is 0 Å². The third-order valence-electron chi connectivity index (χ3n) is 5.44. The van der Waals surface area contributed by atoms with Gasteiger partial charge in [0.1, 0.15) is 0 Å². The molecule has 2 aliphatic rings. The molecule has 0 aliphatic carbocycles. The zero-order valence-corrected chi connectivity index (χ0v) is 14.5. The van der Waals surface area contributed by atoms with E-state index in [2.05, 4.69) is 62.8 Å². The van der Waals surface area contributed by atoms with Crippen molar-refractivity contribution in [3.8, 4) is 5.97 Å². The number of nitriles is 1. The molecule has 1 aromatic rings. The number of rotatable bonds is 2. The number of hydrogen-bond acceptors (Lipinski definition) is 4. The lowest BCUT2D eigenvalue weighted by atomic mass is 9.45. The van der Waals surface area contributed by atoms with Crippen molar-refractivity contribution in [3.05, 3.63) is 24.3 Å². The van der Waals surface area contributed by atoms with Crippen molar-refractivity contribution in [1.29, 1.82) is 5.26 Å². The van der Waals surface area contributed by atoms with E-state index in [4.69, 9.17) is 14.6 Å². The fourth-order valence-corrected chi connectivity index (χ4v) is 3.11. The quantitative estimate of drug-likeness (QED) is 0.787. The van der Waals surface area contributed by atoms with Crippen LogP contribution >= 0.6 is 0 Å². The van der Waals surface area contributed by atoms with Crippen LogP contribution in [0.15, 0.2) is 24.3 Å². The van der Waals surface area contributed by atoms with Crippen LogP contribution in [0.2, 0.25) is 12.6 Å². The van der Waals surface area contributed by atoms with Crippen molar-refractivity contribution in [2.75, 3.05) is 18.0 Å². The van der Waals surface area contributed by atoms with Crippen LogP contribution < -0.4 is 10.4 Å². The minimum absolute atomic E-state index is 0.206. The van der Waals surface area contributed by atoms with Gasteiger partial charge in [0.15, 0.2) is 0 Å². The summed E-state index contributed by atoms with van der Waals surface area (Å²) in [7, 11) is -0.323. The lowest BCUT2D eigenvalue weighted by Crippen LogP contribution is -2.41. The Morgan fingerprint density at radius 2 is 1.70 bits per heavy atom. The van der Waals surface area contributed by atoms with E-state index < -0.39 is 0 Å². The van der Waals surface area contributed by atoms with E-state index in [9.17, 15) is 0 Å². The van der Waals surface area contributed by atoms with Gasteiger partial charge < -0.3 is 14.2 Å². The maximum atomic E-state index is 9.03. The Labute approximate surface area is 140 Å². The van der Waals surface area contributed by atoms with Crippen LogP contribution in [0.4, 0.5) is 5.69 Å². The average Bonchev–Trinajstić information content (AvgIpc) is 2.76. The van der Waals surface area contributed by atoms with Crippen LogP contribution in [0.3, 0.4) is 0 Å². The van der Waals surface area contributed by atoms with E-state index >= 15 is 0 Å². The standard InChI is InChI=1S/C17H24B2N2O2/c1-16(2)17(3,4)23-19(22-16)14-6-5-7-15(12-14)21-10-8-18(13-20)9-11-21/h5-7,12H,8-11H2,1-4H3. The van der Waals surface area contributed by atoms with Crippen molar-refractivity contribution in [2.24, 2.45) is 0 Å². The largest absolute Gasteiger partial charge is 0.494 e. The Morgan fingerprint density at radius 3 is 2.26 bits per heavy atom. The molecule has 120 valence electrons. The Bertz CT molecular complexity index is 603. The molecule has 23 heavy (non-hydrogen) atoms. The predicted molar refractivity (Wildman–Crippen MR) is 95.4 cm³/mol. The van der Waals surface area contributed by atoms with E-state index in [0.29, 0.717) is 0 Å². The highest BCUT2D eigenvalue weighted by molar-refractivity contribution is 6.67. The van der Waals surface area contributed by atoms with Crippen LogP contribution in [-0.4, -0.2) is 38.1 Å². The Hall–Kier alpha value is -1.44. The Balaban J connectivity index is 1.76. The molecule has 0 spiro atoms. The second-order valence-corrected chi connectivity index (χ2v) is 7.57. The van der Waals surface area contributed by atoms with E-state index in [1.807, 2.05) is 0 Å². The molecule has 0 N–H and O–H groups in total. The summed E-state index contributed by atoms with van der Waals surface area (Å²) >= 11 is 0. The van der Waals surface area contributed by atoms with Gasteiger partial charge in [0.05, 0.1) is 11.2 Å². The summed E-state index contributed by atoms with van der Waals surface area (Å²) < 4.78 is 12.3. The van der Waals surface area contributed by atoms with Gasteiger partial charge in [-0.3, -0.25) is 0 Å². The van der Waals surface area contributed by atoms with Gasteiger partial charge in [-0.05, 0) is 57.9 Å².